The molecule has 1 aliphatic carbocycles. The molecule has 2 aromatic heterocycles. The number of nitrogens with one attached hydrogen (secondary N) is 3. The molecule has 3 N–H and O–H groups in total. The number of aromatic nitrogens is 5. The van der Waals surface area contributed by atoms with Gasteiger partial charge >= 0.3 is 5.69 Å². The highest BCUT2D eigenvalue weighted by Crippen LogP contribution is 2.19. The fraction of sp³-hybridized carbons (Fsp3) is 0.500. The lowest BCUT2D eigenvalue weighted by Crippen LogP contribution is -2.28. The summed E-state index contributed by atoms with van der Waals surface area (Å²) in [5.74, 6) is 0.288. The van der Waals surface area contributed by atoms with E-state index in [2.05, 4.69) is 25.5 Å². The quantitative estimate of drug-likeness (QED) is 0.698. The lowest BCUT2D eigenvalue weighted by Gasteiger charge is -2.13. The highest BCUT2D eigenvalue weighted by Gasteiger charge is 2.16. The Bertz CT molecular complexity index is 668. The minimum atomic E-state index is -0.377. The SMILES string of the molecule is O=C(Cn1cnc2c1CCCC2)NCc1n[nH]c(=O)[nH]1. The van der Waals surface area contributed by atoms with Gasteiger partial charge in [-0.2, -0.15) is 5.10 Å². The van der Waals surface area contributed by atoms with E-state index in [-0.39, 0.29) is 24.7 Å². The Labute approximate surface area is 114 Å². The summed E-state index contributed by atoms with van der Waals surface area (Å²) in [5, 5.41) is 8.70. The van der Waals surface area contributed by atoms with Gasteiger partial charge in [0.25, 0.3) is 0 Å². The van der Waals surface area contributed by atoms with Crippen LogP contribution in [0.5, 0.6) is 0 Å². The topological polar surface area (TPSA) is 108 Å². The van der Waals surface area contributed by atoms with Gasteiger partial charge < -0.3 is 9.88 Å². The van der Waals surface area contributed by atoms with Gasteiger partial charge in [-0.05, 0) is 25.7 Å². The minimum Gasteiger partial charge on any atom is -0.347 e. The molecule has 1 amide bonds. The molecule has 106 valence electrons. The van der Waals surface area contributed by atoms with Crippen LogP contribution in [0.1, 0.15) is 30.1 Å². The Balaban J connectivity index is 1.59. The summed E-state index contributed by atoms with van der Waals surface area (Å²) in [7, 11) is 0. The number of rotatable bonds is 4. The summed E-state index contributed by atoms with van der Waals surface area (Å²) in [5.41, 5.74) is 1.90. The molecule has 0 saturated carbocycles. The first-order valence-electron chi connectivity index (χ1n) is 6.65. The second-order valence-electron chi connectivity index (χ2n) is 4.87. The van der Waals surface area contributed by atoms with E-state index in [0.717, 1.165) is 25.0 Å². The van der Waals surface area contributed by atoms with Crippen LogP contribution in [0, 0.1) is 0 Å². The molecule has 0 unspecified atom stereocenters. The number of nitrogens with zero attached hydrogens (tertiary/aromatic N) is 3. The van der Waals surface area contributed by atoms with Gasteiger partial charge in [-0.25, -0.2) is 14.9 Å². The third-order valence-electron chi connectivity index (χ3n) is 3.43. The van der Waals surface area contributed by atoms with Crippen LogP contribution in [0.4, 0.5) is 0 Å². The average molecular weight is 276 g/mol. The number of H-pyrrole nitrogens is 2. The number of aryl methyl sites for hydroxylation is 1. The summed E-state index contributed by atoms with van der Waals surface area (Å²) in [6.07, 6.45) is 6.03. The van der Waals surface area contributed by atoms with E-state index in [9.17, 15) is 9.59 Å². The van der Waals surface area contributed by atoms with Crippen molar-refractivity contribution in [3.63, 3.8) is 0 Å². The number of carbonyl (C=O) groups excluding carboxylic acids is 1. The fourth-order valence-electron chi connectivity index (χ4n) is 2.45. The number of imidazole rings is 1. The summed E-state index contributed by atoms with van der Waals surface area (Å²) < 4.78 is 1.90. The Hall–Kier alpha value is -2.38. The van der Waals surface area contributed by atoms with Gasteiger partial charge in [0.15, 0.2) is 0 Å². The van der Waals surface area contributed by atoms with Crippen LogP contribution in [0.2, 0.25) is 0 Å². The number of hydrogen-bond donors (Lipinski definition) is 3. The van der Waals surface area contributed by atoms with Gasteiger partial charge in [-0.1, -0.05) is 0 Å². The number of fused-ring (bicyclic) bond motifs is 1. The van der Waals surface area contributed by atoms with Crippen molar-refractivity contribution in [2.24, 2.45) is 0 Å². The molecular weight excluding hydrogens is 260 g/mol. The summed E-state index contributed by atoms with van der Waals surface area (Å²) in [6.45, 7) is 0.450. The molecule has 3 rings (SSSR count). The zero-order valence-electron chi connectivity index (χ0n) is 11.0. The predicted molar refractivity (Wildman–Crippen MR) is 69.9 cm³/mol. The van der Waals surface area contributed by atoms with Crippen LogP contribution in [0.25, 0.3) is 0 Å². The number of aromatic amines is 2. The maximum absolute atomic E-state index is 11.9. The molecule has 0 bridgehead atoms. The Morgan fingerprint density at radius 3 is 3.05 bits per heavy atom. The molecular formula is C12H16N6O2. The predicted octanol–water partition coefficient (Wildman–Crippen LogP) is -0.510. The first kappa shape index (κ1) is 12.6. The zero-order valence-corrected chi connectivity index (χ0v) is 11.0. The van der Waals surface area contributed by atoms with Gasteiger partial charge in [0.05, 0.1) is 18.6 Å². The molecule has 0 atom stereocenters. The van der Waals surface area contributed by atoms with E-state index in [4.69, 9.17) is 0 Å². The van der Waals surface area contributed by atoms with Crippen LogP contribution in [0.15, 0.2) is 11.1 Å². The van der Waals surface area contributed by atoms with Gasteiger partial charge in [0.2, 0.25) is 5.91 Å². The Morgan fingerprint density at radius 1 is 1.40 bits per heavy atom. The normalized spacial score (nSPS) is 14.0. The Morgan fingerprint density at radius 2 is 2.25 bits per heavy atom. The lowest BCUT2D eigenvalue weighted by atomic mass is 10.0. The van der Waals surface area contributed by atoms with Crippen molar-refractivity contribution in [3.8, 4) is 0 Å². The third-order valence-corrected chi connectivity index (χ3v) is 3.43. The molecule has 0 radical (unpaired) electrons. The van der Waals surface area contributed by atoms with Gasteiger partial charge in [-0.3, -0.25) is 9.78 Å². The highest BCUT2D eigenvalue weighted by atomic mass is 16.2. The van der Waals surface area contributed by atoms with E-state index in [1.165, 1.54) is 12.1 Å². The summed E-state index contributed by atoms with van der Waals surface area (Å²) in [4.78, 5) is 29.6. The maximum atomic E-state index is 11.9. The standard InChI is InChI=1S/C12H16N6O2/c19-11(13-5-10-15-12(20)17-16-10)6-18-7-14-8-3-1-2-4-9(8)18/h7H,1-6H2,(H,13,19)(H2,15,16,17,20). The molecule has 0 aliphatic heterocycles. The van der Waals surface area contributed by atoms with Crippen molar-refractivity contribution in [2.75, 3.05) is 0 Å². The minimum absolute atomic E-state index is 0.125. The smallest absolute Gasteiger partial charge is 0.340 e. The van der Waals surface area contributed by atoms with Crippen molar-refractivity contribution >= 4 is 5.91 Å². The summed E-state index contributed by atoms with van der Waals surface area (Å²) >= 11 is 0. The molecule has 0 fully saturated rings. The highest BCUT2D eigenvalue weighted by molar-refractivity contribution is 5.75. The largest absolute Gasteiger partial charge is 0.347 e. The van der Waals surface area contributed by atoms with E-state index in [1.807, 2.05) is 4.57 Å². The van der Waals surface area contributed by atoms with Crippen LogP contribution >= 0.6 is 0 Å². The van der Waals surface area contributed by atoms with Gasteiger partial charge in [0, 0.05) is 5.69 Å². The van der Waals surface area contributed by atoms with Crippen molar-refractivity contribution in [1.82, 2.24) is 30.0 Å². The average Bonchev–Trinajstić information content (AvgIpc) is 3.04. The van der Waals surface area contributed by atoms with Gasteiger partial charge in [0.1, 0.15) is 12.4 Å². The van der Waals surface area contributed by atoms with Crippen LogP contribution in [0.3, 0.4) is 0 Å². The van der Waals surface area contributed by atoms with Gasteiger partial charge in [-0.15, -0.1) is 0 Å². The molecule has 8 nitrogen and oxygen atoms in total. The molecule has 2 aromatic rings. The maximum Gasteiger partial charge on any atom is 0.340 e. The van der Waals surface area contributed by atoms with E-state index in [1.54, 1.807) is 6.33 Å². The summed E-state index contributed by atoms with van der Waals surface area (Å²) in [6, 6.07) is 0. The number of amides is 1. The number of carbonyl (C=O) groups is 1. The van der Waals surface area contributed by atoms with E-state index in [0.29, 0.717) is 5.82 Å². The molecule has 0 aromatic carbocycles. The first-order chi connectivity index (χ1) is 9.72. The van der Waals surface area contributed by atoms with Crippen molar-refractivity contribution in [1.29, 1.82) is 0 Å². The lowest BCUT2D eigenvalue weighted by molar-refractivity contribution is -0.121. The number of hydrogen-bond acceptors (Lipinski definition) is 4. The molecule has 1 aliphatic rings. The third kappa shape index (κ3) is 2.63. The molecule has 20 heavy (non-hydrogen) atoms. The van der Waals surface area contributed by atoms with Crippen LogP contribution in [-0.4, -0.2) is 30.6 Å². The second kappa shape index (κ2) is 5.32. The van der Waals surface area contributed by atoms with Crippen molar-refractivity contribution < 1.29 is 4.79 Å². The molecule has 0 spiro atoms. The van der Waals surface area contributed by atoms with E-state index >= 15 is 0 Å². The molecule has 2 heterocycles. The van der Waals surface area contributed by atoms with Crippen molar-refractivity contribution in [3.05, 3.63) is 34.0 Å². The monoisotopic (exact) mass is 276 g/mol. The molecule has 0 saturated heterocycles. The fourth-order valence-corrected chi connectivity index (χ4v) is 2.45. The van der Waals surface area contributed by atoms with Crippen molar-refractivity contribution in [2.45, 2.75) is 38.8 Å². The second-order valence-corrected chi connectivity index (χ2v) is 4.87. The zero-order chi connectivity index (χ0) is 13.9. The Kier molecular flexibility index (Phi) is 3.36. The molecule has 8 heteroatoms. The van der Waals surface area contributed by atoms with Crippen LogP contribution < -0.4 is 11.0 Å². The van der Waals surface area contributed by atoms with E-state index < -0.39 is 0 Å². The van der Waals surface area contributed by atoms with Crippen LogP contribution in [-0.2, 0) is 30.7 Å². The first-order valence-corrected chi connectivity index (χ1v) is 6.65.